The van der Waals surface area contributed by atoms with E-state index < -0.39 is 12.0 Å². The standard InChI is InChI=1S/C20H25NO2S/c1-20(2,3)21-19(23)17(14-24-16-12-8-5-9-13-16)18(22)15-10-6-4-7-11-15/h4-13,17-18,22H,14H2,1-3H3,(H,21,23)/t17-,18+/m0/s1. The fraction of sp³-hybridized carbons (Fsp3) is 0.350. The molecule has 0 aliphatic rings. The predicted octanol–water partition coefficient (Wildman–Crippen LogP) is 4.04. The molecule has 2 aromatic rings. The maximum Gasteiger partial charge on any atom is 0.227 e. The van der Waals surface area contributed by atoms with Crippen molar-refractivity contribution >= 4 is 17.7 Å². The number of benzene rings is 2. The van der Waals surface area contributed by atoms with Gasteiger partial charge in [-0.05, 0) is 38.5 Å². The largest absolute Gasteiger partial charge is 0.388 e. The number of aliphatic hydroxyl groups excluding tert-OH is 1. The van der Waals surface area contributed by atoms with Crippen LogP contribution in [0.1, 0.15) is 32.4 Å². The molecule has 0 saturated heterocycles. The van der Waals surface area contributed by atoms with Crippen molar-refractivity contribution in [1.82, 2.24) is 5.32 Å². The summed E-state index contributed by atoms with van der Waals surface area (Å²) in [6.45, 7) is 5.84. The third-order valence-corrected chi connectivity index (χ3v) is 4.66. The second-order valence-corrected chi connectivity index (χ2v) is 7.92. The predicted molar refractivity (Wildman–Crippen MR) is 100.0 cm³/mol. The first-order valence-corrected chi connectivity index (χ1v) is 9.08. The number of carbonyl (C=O) groups excluding carboxylic acids is 1. The van der Waals surface area contributed by atoms with Gasteiger partial charge in [0.2, 0.25) is 5.91 Å². The number of amides is 1. The molecule has 0 fully saturated rings. The van der Waals surface area contributed by atoms with Gasteiger partial charge in [-0.25, -0.2) is 0 Å². The van der Waals surface area contributed by atoms with Gasteiger partial charge in [-0.3, -0.25) is 4.79 Å². The molecule has 2 aromatic carbocycles. The summed E-state index contributed by atoms with van der Waals surface area (Å²) in [5.74, 6) is -0.124. The molecule has 2 atom stereocenters. The second kappa shape index (κ2) is 8.36. The van der Waals surface area contributed by atoms with E-state index in [1.54, 1.807) is 11.8 Å². The fourth-order valence-electron chi connectivity index (χ4n) is 2.36. The monoisotopic (exact) mass is 343 g/mol. The quantitative estimate of drug-likeness (QED) is 0.778. The van der Waals surface area contributed by atoms with Gasteiger partial charge in [-0.1, -0.05) is 48.5 Å². The van der Waals surface area contributed by atoms with Crippen molar-refractivity contribution in [3.63, 3.8) is 0 Å². The summed E-state index contributed by atoms with van der Waals surface area (Å²) in [5, 5.41) is 13.7. The summed E-state index contributed by atoms with van der Waals surface area (Å²) >= 11 is 1.59. The molecule has 2 N–H and O–H groups in total. The molecule has 0 radical (unpaired) electrons. The van der Waals surface area contributed by atoms with Gasteiger partial charge in [0.15, 0.2) is 0 Å². The van der Waals surface area contributed by atoms with E-state index >= 15 is 0 Å². The van der Waals surface area contributed by atoms with E-state index in [-0.39, 0.29) is 11.4 Å². The molecule has 3 nitrogen and oxygen atoms in total. The van der Waals surface area contributed by atoms with Crippen molar-refractivity contribution in [2.75, 3.05) is 5.75 Å². The molecule has 0 aliphatic heterocycles. The molecule has 4 heteroatoms. The Labute approximate surface area is 148 Å². The van der Waals surface area contributed by atoms with Crippen molar-refractivity contribution in [1.29, 1.82) is 0 Å². The topological polar surface area (TPSA) is 49.3 Å². The summed E-state index contributed by atoms with van der Waals surface area (Å²) in [6, 6.07) is 19.3. The van der Waals surface area contributed by atoms with Gasteiger partial charge in [0, 0.05) is 16.2 Å². The SMILES string of the molecule is CC(C)(C)NC(=O)[C@@H](CSc1ccccc1)[C@H](O)c1ccccc1. The summed E-state index contributed by atoms with van der Waals surface area (Å²) in [4.78, 5) is 13.8. The molecule has 128 valence electrons. The Morgan fingerprint density at radius 1 is 1.04 bits per heavy atom. The molecule has 1 amide bonds. The lowest BCUT2D eigenvalue weighted by molar-refractivity contribution is -0.129. The molecule has 0 saturated carbocycles. The zero-order valence-corrected chi connectivity index (χ0v) is 15.2. The Morgan fingerprint density at radius 2 is 1.58 bits per heavy atom. The Morgan fingerprint density at radius 3 is 2.12 bits per heavy atom. The zero-order chi connectivity index (χ0) is 17.6. The first kappa shape index (κ1) is 18.6. The van der Waals surface area contributed by atoms with Crippen molar-refractivity contribution in [2.24, 2.45) is 5.92 Å². The lowest BCUT2D eigenvalue weighted by atomic mass is 9.95. The van der Waals surface area contributed by atoms with Gasteiger partial charge in [0.1, 0.15) is 0 Å². The molecule has 2 rings (SSSR count). The van der Waals surface area contributed by atoms with E-state index in [1.807, 2.05) is 81.4 Å². The minimum absolute atomic E-state index is 0.123. The van der Waals surface area contributed by atoms with Crippen LogP contribution in [0.2, 0.25) is 0 Å². The summed E-state index contributed by atoms with van der Waals surface area (Å²) in [7, 11) is 0. The maximum atomic E-state index is 12.7. The third kappa shape index (κ3) is 5.69. The number of hydrogen-bond acceptors (Lipinski definition) is 3. The van der Waals surface area contributed by atoms with Gasteiger partial charge in [-0.15, -0.1) is 11.8 Å². The van der Waals surface area contributed by atoms with Gasteiger partial charge in [0.25, 0.3) is 0 Å². The van der Waals surface area contributed by atoms with Crippen molar-refractivity contribution in [3.05, 3.63) is 66.2 Å². The lowest BCUT2D eigenvalue weighted by Crippen LogP contribution is -2.46. The van der Waals surface area contributed by atoms with Crippen molar-refractivity contribution in [2.45, 2.75) is 37.3 Å². The molecule has 0 heterocycles. The molecule has 0 bridgehead atoms. The van der Waals surface area contributed by atoms with E-state index in [1.165, 1.54) is 0 Å². The summed E-state index contributed by atoms with van der Waals surface area (Å²) < 4.78 is 0. The number of aliphatic hydroxyl groups is 1. The van der Waals surface area contributed by atoms with Gasteiger partial charge < -0.3 is 10.4 Å². The highest BCUT2D eigenvalue weighted by Gasteiger charge is 2.30. The number of nitrogens with one attached hydrogen (secondary N) is 1. The van der Waals surface area contributed by atoms with Gasteiger partial charge in [-0.2, -0.15) is 0 Å². The van der Waals surface area contributed by atoms with Crippen LogP contribution in [-0.4, -0.2) is 22.3 Å². The van der Waals surface area contributed by atoms with Crippen molar-refractivity contribution < 1.29 is 9.90 Å². The van der Waals surface area contributed by atoms with Crippen LogP contribution in [0.4, 0.5) is 0 Å². The van der Waals surface area contributed by atoms with Crippen LogP contribution >= 0.6 is 11.8 Å². The normalized spacial score (nSPS) is 14.0. The Kier molecular flexibility index (Phi) is 6.46. The highest BCUT2D eigenvalue weighted by molar-refractivity contribution is 7.99. The van der Waals surface area contributed by atoms with Crippen LogP contribution in [0.3, 0.4) is 0 Å². The van der Waals surface area contributed by atoms with Gasteiger partial charge >= 0.3 is 0 Å². The van der Waals surface area contributed by atoms with E-state index in [0.717, 1.165) is 10.5 Å². The first-order chi connectivity index (χ1) is 11.4. The molecule has 0 aliphatic carbocycles. The molecule has 0 aromatic heterocycles. The third-order valence-electron chi connectivity index (χ3n) is 3.53. The smallest absolute Gasteiger partial charge is 0.227 e. The van der Waals surface area contributed by atoms with Crippen LogP contribution in [0, 0.1) is 5.92 Å². The van der Waals surface area contributed by atoms with Crippen LogP contribution < -0.4 is 5.32 Å². The summed E-state index contributed by atoms with van der Waals surface area (Å²) in [6.07, 6.45) is -0.829. The fourth-order valence-corrected chi connectivity index (χ4v) is 3.41. The Hall–Kier alpha value is -1.78. The Bertz CT molecular complexity index is 638. The zero-order valence-electron chi connectivity index (χ0n) is 14.4. The molecular weight excluding hydrogens is 318 g/mol. The van der Waals surface area contributed by atoms with E-state index in [0.29, 0.717) is 5.75 Å². The molecule has 0 spiro atoms. The van der Waals surface area contributed by atoms with Crippen LogP contribution in [0.5, 0.6) is 0 Å². The van der Waals surface area contributed by atoms with Crippen LogP contribution in [0.25, 0.3) is 0 Å². The van der Waals surface area contributed by atoms with Gasteiger partial charge in [0.05, 0.1) is 12.0 Å². The summed E-state index contributed by atoms with van der Waals surface area (Å²) in [5.41, 5.74) is 0.434. The van der Waals surface area contributed by atoms with E-state index in [2.05, 4.69) is 5.32 Å². The van der Waals surface area contributed by atoms with Crippen LogP contribution in [-0.2, 0) is 4.79 Å². The van der Waals surface area contributed by atoms with Crippen LogP contribution in [0.15, 0.2) is 65.6 Å². The highest BCUT2D eigenvalue weighted by atomic mass is 32.2. The number of carbonyl (C=O) groups is 1. The number of thioether (sulfide) groups is 1. The molecule has 24 heavy (non-hydrogen) atoms. The minimum Gasteiger partial charge on any atom is -0.388 e. The number of hydrogen-bond donors (Lipinski definition) is 2. The van der Waals surface area contributed by atoms with Crippen molar-refractivity contribution in [3.8, 4) is 0 Å². The first-order valence-electron chi connectivity index (χ1n) is 8.10. The second-order valence-electron chi connectivity index (χ2n) is 6.83. The average molecular weight is 343 g/mol. The highest BCUT2D eigenvalue weighted by Crippen LogP contribution is 2.29. The molecular formula is C20H25NO2S. The average Bonchev–Trinajstić information content (AvgIpc) is 2.55. The van der Waals surface area contributed by atoms with E-state index in [9.17, 15) is 9.90 Å². The minimum atomic E-state index is -0.829. The van der Waals surface area contributed by atoms with E-state index in [4.69, 9.17) is 0 Å². The maximum absolute atomic E-state index is 12.7. The lowest BCUT2D eigenvalue weighted by Gasteiger charge is -2.27. The molecule has 0 unspecified atom stereocenters. The number of rotatable bonds is 6. The Balaban J connectivity index is 2.15.